The molecule has 5 rings (SSSR count). The van der Waals surface area contributed by atoms with Gasteiger partial charge in [-0.2, -0.15) is 0 Å². The summed E-state index contributed by atoms with van der Waals surface area (Å²) in [6.07, 6.45) is 0. The van der Waals surface area contributed by atoms with Gasteiger partial charge < -0.3 is 14.5 Å². The number of quaternary nitrogens is 1. The van der Waals surface area contributed by atoms with Crippen LogP contribution in [0.1, 0.15) is 4.79 Å². The number of para-hydroxylation sites is 4. The van der Waals surface area contributed by atoms with Crippen LogP contribution in [0, 0.1) is 0 Å². The fourth-order valence-corrected chi connectivity index (χ4v) is 4.62. The number of ether oxygens (including phenoxy) is 1. The van der Waals surface area contributed by atoms with Crippen molar-refractivity contribution in [3.05, 3.63) is 72.8 Å². The molecule has 1 saturated heterocycles. The van der Waals surface area contributed by atoms with E-state index < -0.39 is 0 Å². The van der Waals surface area contributed by atoms with Gasteiger partial charge in [0, 0.05) is 10.8 Å². The molecular weight excluding hydrogens is 374 g/mol. The van der Waals surface area contributed by atoms with Crippen molar-refractivity contribution in [3.8, 4) is 5.75 Å². The Bertz CT molecular complexity index is 1150. The molecule has 1 aliphatic rings. The lowest BCUT2D eigenvalue weighted by Gasteiger charge is -2.34. The van der Waals surface area contributed by atoms with E-state index in [0.717, 1.165) is 59.4 Å². The van der Waals surface area contributed by atoms with E-state index in [1.54, 1.807) is 7.11 Å². The first-order chi connectivity index (χ1) is 14.8. The summed E-state index contributed by atoms with van der Waals surface area (Å²) in [5.74, 6) is 1.07. The van der Waals surface area contributed by atoms with Crippen molar-refractivity contribution in [1.82, 2.24) is 4.57 Å². The number of carbonyl (C=O) groups is 1. The highest BCUT2D eigenvalue weighted by atomic mass is 16.5. The van der Waals surface area contributed by atoms with Gasteiger partial charge in [-0.05, 0) is 24.3 Å². The molecule has 2 heterocycles. The van der Waals surface area contributed by atoms with Crippen molar-refractivity contribution in [1.29, 1.82) is 0 Å². The SMILES string of the molecule is COc1ccccc1N1CC[NH+](CC(=O)n2c3ccccc3c3ccccc32)CC1. The predicted molar refractivity (Wildman–Crippen MR) is 121 cm³/mol. The Morgan fingerprint density at radius 2 is 1.43 bits per heavy atom. The van der Waals surface area contributed by atoms with Crippen LogP contribution in [-0.4, -0.2) is 50.3 Å². The zero-order valence-corrected chi connectivity index (χ0v) is 17.2. The third kappa shape index (κ3) is 3.21. The topological polar surface area (TPSA) is 38.9 Å². The number of piperazine rings is 1. The Kier molecular flexibility index (Phi) is 4.89. The van der Waals surface area contributed by atoms with Crippen LogP contribution in [0.2, 0.25) is 0 Å². The number of benzene rings is 3. The van der Waals surface area contributed by atoms with Crippen LogP contribution in [0.5, 0.6) is 5.75 Å². The van der Waals surface area contributed by atoms with E-state index in [4.69, 9.17) is 4.74 Å². The van der Waals surface area contributed by atoms with Crippen molar-refractivity contribution in [3.63, 3.8) is 0 Å². The summed E-state index contributed by atoms with van der Waals surface area (Å²) in [6.45, 7) is 4.19. The molecular formula is C25H26N3O2+. The summed E-state index contributed by atoms with van der Waals surface area (Å²) < 4.78 is 7.42. The molecule has 1 aliphatic heterocycles. The van der Waals surface area contributed by atoms with E-state index >= 15 is 0 Å². The Morgan fingerprint density at radius 1 is 0.867 bits per heavy atom. The summed E-state index contributed by atoms with van der Waals surface area (Å²) in [4.78, 5) is 17.0. The molecule has 4 aromatic rings. The summed E-state index contributed by atoms with van der Waals surface area (Å²) >= 11 is 0. The van der Waals surface area contributed by atoms with E-state index in [-0.39, 0.29) is 5.91 Å². The van der Waals surface area contributed by atoms with E-state index in [1.807, 2.05) is 59.2 Å². The zero-order chi connectivity index (χ0) is 20.5. The van der Waals surface area contributed by atoms with E-state index in [9.17, 15) is 4.79 Å². The quantitative estimate of drug-likeness (QED) is 0.573. The number of hydrogen-bond acceptors (Lipinski definition) is 3. The summed E-state index contributed by atoms with van der Waals surface area (Å²) in [6, 6.07) is 24.5. The maximum atomic E-state index is 13.4. The third-order valence-corrected chi connectivity index (χ3v) is 6.13. The average molecular weight is 401 g/mol. The molecule has 5 nitrogen and oxygen atoms in total. The number of methoxy groups -OCH3 is 1. The summed E-state index contributed by atoms with van der Waals surface area (Å²) in [7, 11) is 1.71. The molecule has 0 amide bonds. The van der Waals surface area contributed by atoms with E-state index in [0.29, 0.717) is 6.54 Å². The van der Waals surface area contributed by atoms with Crippen LogP contribution in [0.3, 0.4) is 0 Å². The smallest absolute Gasteiger partial charge is 0.286 e. The van der Waals surface area contributed by atoms with Crippen LogP contribution in [0.4, 0.5) is 5.69 Å². The molecule has 0 spiro atoms. The number of carbonyl (C=O) groups excluding carboxylic acids is 1. The number of aromatic nitrogens is 1. The first-order valence-corrected chi connectivity index (χ1v) is 10.5. The van der Waals surface area contributed by atoms with Crippen LogP contribution in [0.15, 0.2) is 72.8 Å². The maximum absolute atomic E-state index is 13.4. The van der Waals surface area contributed by atoms with Gasteiger partial charge in [-0.25, -0.2) is 0 Å². The van der Waals surface area contributed by atoms with Gasteiger partial charge >= 0.3 is 0 Å². The minimum Gasteiger partial charge on any atom is -0.495 e. The molecule has 0 saturated carbocycles. The molecule has 0 bridgehead atoms. The molecule has 0 aliphatic carbocycles. The Labute approximate surface area is 176 Å². The summed E-state index contributed by atoms with van der Waals surface area (Å²) in [5, 5.41) is 2.27. The standard InChI is InChI=1S/C25H25N3O2/c1-30-24-13-7-6-12-23(24)27-16-14-26(15-17-27)18-25(29)28-21-10-4-2-8-19(21)20-9-3-5-11-22(20)28/h2-13H,14-18H2,1H3/p+1. The second kappa shape index (κ2) is 7.84. The molecule has 1 aromatic heterocycles. The molecule has 0 unspecified atom stereocenters. The van der Waals surface area contributed by atoms with Gasteiger partial charge in [0.1, 0.15) is 5.75 Å². The van der Waals surface area contributed by atoms with Crippen molar-refractivity contribution >= 4 is 33.4 Å². The fourth-order valence-electron chi connectivity index (χ4n) is 4.62. The molecule has 1 N–H and O–H groups in total. The molecule has 152 valence electrons. The van der Waals surface area contributed by atoms with E-state index in [1.165, 1.54) is 4.90 Å². The summed E-state index contributed by atoms with van der Waals surface area (Å²) in [5.41, 5.74) is 3.12. The predicted octanol–water partition coefficient (Wildman–Crippen LogP) is 2.85. The van der Waals surface area contributed by atoms with Gasteiger partial charge in [0.2, 0.25) is 0 Å². The highest BCUT2D eigenvalue weighted by Gasteiger charge is 2.25. The number of fused-ring (bicyclic) bond motifs is 3. The normalized spacial score (nSPS) is 15.0. The van der Waals surface area contributed by atoms with Crippen molar-refractivity contribution < 1.29 is 14.4 Å². The second-order valence-electron chi connectivity index (χ2n) is 7.85. The lowest BCUT2D eigenvalue weighted by Crippen LogP contribution is -3.15. The minimum atomic E-state index is 0.160. The zero-order valence-electron chi connectivity index (χ0n) is 17.2. The van der Waals surface area contributed by atoms with Gasteiger partial charge in [-0.15, -0.1) is 0 Å². The Morgan fingerprint density at radius 3 is 2.07 bits per heavy atom. The average Bonchev–Trinajstić information content (AvgIpc) is 3.14. The van der Waals surface area contributed by atoms with Crippen molar-refractivity contribution in [2.45, 2.75) is 0 Å². The highest BCUT2D eigenvalue weighted by Crippen LogP contribution is 2.29. The van der Waals surface area contributed by atoms with Crippen LogP contribution < -0.4 is 14.5 Å². The van der Waals surface area contributed by atoms with Gasteiger partial charge in [0.25, 0.3) is 5.91 Å². The van der Waals surface area contributed by atoms with Gasteiger partial charge in [-0.1, -0.05) is 48.5 Å². The number of anilines is 1. The molecule has 5 heteroatoms. The monoisotopic (exact) mass is 400 g/mol. The molecule has 3 aromatic carbocycles. The largest absolute Gasteiger partial charge is 0.495 e. The van der Waals surface area contributed by atoms with Gasteiger partial charge in [0.15, 0.2) is 6.54 Å². The number of nitrogens with zero attached hydrogens (tertiary/aromatic N) is 2. The van der Waals surface area contributed by atoms with Crippen LogP contribution >= 0.6 is 0 Å². The second-order valence-corrected chi connectivity index (χ2v) is 7.85. The highest BCUT2D eigenvalue weighted by molar-refractivity contribution is 6.13. The first-order valence-electron chi connectivity index (χ1n) is 10.5. The Balaban J connectivity index is 1.35. The Hall–Kier alpha value is -3.31. The van der Waals surface area contributed by atoms with E-state index in [2.05, 4.69) is 23.1 Å². The van der Waals surface area contributed by atoms with Gasteiger partial charge in [-0.3, -0.25) is 9.36 Å². The molecule has 0 atom stereocenters. The number of rotatable bonds is 4. The first kappa shape index (κ1) is 18.7. The lowest BCUT2D eigenvalue weighted by atomic mass is 10.2. The molecule has 30 heavy (non-hydrogen) atoms. The van der Waals surface area contributed by atoms with Crippen molar-refractivity contribution in [2.75, 3.05) is 44.7 Å². The molecule has 1 fully saturated rings. The number of hydrogen-bond donors (Lipinski definition) is 1. The van der Waals surface area contributed by atoms with Gasteiger partial charge in [0.05, 0.1) is 50.0 Å². The fraction of sp³-hybridized carbons (Fsp3) is 0.240. The number of nitrogens with one attached hydrogen (secondary N) is 1. The molecule has 0 radical (unpaired) electrons. The minimum absolute atomic E-state index is 0.160. The van der Waals surface area contributed by atoms with Crippen LogP contribution in [-0.2, 0) is 0 Å². The van der Waals surface area contributed by atoms with Crippen LogP contribution in [0.25, 0.3) is 21.8 Å². The van der Waals surface area contributed by atoms with Crippen molar-refractivity contribution in [2.24, 2.45) is 0 Å². The third-order valence-electron chi connectivity index (χ3n) is 6.13. The maximum Gasteiger partial charge on any atom is 0.286 e. The lowest BCUT2D eigenvalue weighted by molar-refractivity contribution is -0.892.